The van der Waals surface area contributed by atoms with Gasteiger partial charge in [0.2, 0.25) is 0 Å². The van der Waals surface area contributed by atoms with Crippen molar-refractivity contribution in [3.05, 3.63) is 59.7 Å². The minimum atomic E-state index is -0.274. The fourth-order valence-electron chi connectivity index (χ4n) is 3.40. The lowest BCUT2D eigenvalue weighted by Crippen LogP contribution is -2.38. The molecule has 2 aliphatic rings. The van der Waals surface area contributed by atoms with E-state index in [1.165, 1.54) is 18.2 Å². The zero-order valence-corrected chi connectivity index (χ0v) is 14.1. The number of amides is 1. The fourth-order valence-corrected chi connectivity index (χ4v) is 3.40. The number of ether oxygens (including phenoxy) is 1. The van der Waals surface area contributed by atoms with Crippen molar-refractivity contribution in [1.82, 2.24) is 4.90 Å². The van der Waals surface area contributed by atoms with Crippen molar-refractivity contribution in [1.29, 1.82) is 0 Å². The number of hydrogen-bond acceptors (Lipinski definition) is 4. The van der Waals surface area contributed by atoms with Gasteiger partial charge in [0.1, 0.15) is 5.71 Å². The molecule has 1 aliphatic carbocycles. The molecule has 0 saturated carbocycles. The van der Waals surface area contributed by atoms with Gasteiger partial charge < -0.3 is 9.64 Å². The largest absolute Gasteiger partial charge is 0.453 e. The number of fused-ring (bicyclic) bond motifs is 3. The van der Waals surface area contributed by atoms with Crippen molar-refractivity contribution in [3.63, 3.8) is 0 Å². The summed E-state index contributed by atoms with van der Waals surface area (Å²) in [5, 5.41) is 9.10. The van der Waals surface area contributed by atoms with E-state index in [-0.39, 0.29) is 6.09 Å². The highest BCUT2D eigenvalue weighted by atomic mass is 16.5. The molecule has 25 heavy (non-hydrogen) atoms. The van der Waals surface area contributed by atoms with Gasteiger partial charge in [0, 0.05) is 42.8 Å². The van der Waals surface area contributed by atoms with Crippen LogP contribution in [0.25, 0.3) is 11.1 Å². The van der Waals surface area contributed by atoms with E-state index in [0.29, 0.717) is 13.1 Å². The number of likely N-dealkylation sites (tertiary alicyclic amines) is 1. The summed E-state index contributed by atoms with van der Waals surface area (Å²) in [5.41, 5.74) is 6.61. The number of hydrogen-bond donors (Lipinski definition) is 0. The van der Waals surface area contributed by atoms with Crippen LogP contribution >= 0.6 is 0 Å². The molecular formula is C20H19N3O2. The van der Waals surface area contributed by atoms with E-state index in [2.05, 4.69) is 34.5 Å². The fraction of sp³-hybridized carbons (Fsp3) is 0.250. The third-order valence-corrected chi connectivity index (χ3v) is 4.72. The van der Waals surface area contributed by atoms with Crippen LogP contribution in [0.4, 0.5) is 4.79 Å². The van der Waals surface area contributed by atoms with E-state index in [4.69, 9.17) is 4.74 Å². The molecule has 1 amide bonds. The monoisotopic (exact) mass is 333 g/mol. The van der Waals surface area contributed by atoms with Gasteiger partial charge in [-0.15, -0.1) is 5.10 Å². The molecule has 1 saturated heterocycles. The van der Waals surface area contributed by atoms with E-state index in [9.17, 15) is 4.79 Å². The summed E-state index contributed by atoms with van der Waals surface area (Å²) in [6.07, 6.45) is 1.19. The maximum Gasteiger partial charge on any atom is 0.409 e. The second-order valence-electron chi connectivity index (χ2n) is 6.16. The lowest BCUT2D eigenvalue weighted by Gasteiger charge is -2.25. The number of carbonyl (C=O) groups excluding carboxylic acids is 1. The second-order valence-corrected chi connectivity index (χ2v) is 6.16. The van der Waals surface area contributed by atoms with Crippen LogP contribution in [-0.4, -0.2) is 42.6 Å². The topological polar surface area (TPSA) is 54.3 Å². The molecule has 1 heterocycles. The maximum absolute atomic E-state index is 11.6. The molecule has 126 valence electrons. The molecule has 1 fully saturated rings. The van der Waals surface area contributed by atoms with Crippen molar-refractivity contribution in [3.8, 4) is 11.1 Å². The molecule has 0 unspecified atom stereocenters. The van der Waals surface area contributed by atoms with Gasteiger partial charge in [0.25, 0.3) is 0 Å². The summed E-state index contributed by atoms with van der Waals surface area (Å²) >= 11 is 0. The van der Waals surface area contributed by atoms with Crippen LogP contribution < -0.4 is 0 Å². The zero-order valence-electron chi connectivity index (χ0n) is 14.1. The summed E-state index contributed by atoms with van der Waals surface area (Å²) in [4.78, 5) is 13.3. The third kappa shape index (κ3) is 2.82. The highest BCUT2D eigenvalue weighted by Gasteiger charge is 2.24. The minimum absolute atomic E-state index is 0.274. The highest BCUT2D eigenvalue weighted by Crippen LogP contribution is 2.36. The number of benzene rings is 2. The van der Waals surface area contributed by atoms with Gasteiger partial charge >= 0.3 is 6.09 Å². The second kappa shape index (κ2) is 6.51. The first kappa shape index (κ1) is 15.6. The first-order valence-electron chi connectivity index (χ1n) is 8.43. The van der Waals surface area contributed by atoms with Crippen LogP contribution in [0.15, 0.2) is 58.7 Å². The number of nitrogens with zero attached hydrogens (tertiary/aromatic N) is 3. The quantitative estimate of drug-likeness (QED) is 0.637. The van der Waals surface area contributed by atoms with E-state index in [1.807, 2.05) is 24.3 Å². The Morgan fingerprint density at radius 2 is 1.40 bits per heavy atom. The molecular weight excluding hydrogens is 314 g/mol. The average Bonchev–Trinajstić information content (AvgIpc) is 3.00. The van der Waals surface area contributed by atoms with Gasteiger partial charge in [-0.25, -0.2) is 4.79 Å². The maximum atomic E-state index is 11.6. The Morgan fingerprint density at radius 3 is 1.92 bits per heavy atom. The summed E-state index contributed by atoms with van der Waals surface area (Å²) in [5.74, 6) is 0. The molecule has 0 atom stereocenters. The Balaban J connectivity index is 1.61. The van der Waals surface area contributed by atoms with Crippen LogP contribution in [0.3, 0.4) is 0 Å². The predicted molar refractivity (Wildman–Crippen MR) is 98.2 cm³/mol. The molecule has 2 aromatic rings. The lowest BCUT2D eigenvalue weighted by atomic mass is 10.1. The Hall–Kier alpha value is -2.95. The molecule has 0 spiro atoms. The summed E-state index contributed by atoms with van der Waals surface area (Å²) < 4.78 is 4.76. The Labute approximate surface area is 146 Å². The first-order valence-corrected chi connectivity index (χ1v) is 8.43. The summed E-state index contributed by atoms with van der Waals surface area (Å²) in [6, 6.07) is 16.6. The molecule has 0 N–H and O–H groups in total. The summed E-state index contributed by atoms with van der Waals surface area (Å²) in [7, 11) is 1.41. The minimum Gasteiger partial charge on any atom is -0.453 e. The molecule has 0 aromatic heterocycles. The Morgan fingerprint density at radius 1 is 0.880 bits per heavy atom. The zero-order chi connectivity index (χ0) is 17.2. The molecule has 4 rings (SSSR count). The van der Waals surface area contributed by atoms with Gasteiger partial charge in [0.15, 0.2) is 0 Å². The Bertz CT molecular complexity index is 829. The number of rotatable bonds is 1. The third-order valence-electron chi connectivity index (χ3n) is 4.72. The standard InChI is InChI=1S/C20H19N3O2/c1-25-20(24)23-12-10-14(11-13-23)21-22-19-17-8-4-2-6-15(17)16-7-3-5-9-18(16)19/h2-9H,10-13H2,1H3. The molecule has 5 nitrogen and oxygen atoms in total. The van der Waals surface area contributed by atoms with Gasteiger partial charge in [-0.1, -0.05) is 48.5 Å². The van der Waals surface area contributed by atoms with Crippen LogP contribution in [0.1, 0.15) is 24.0 Å². The Kier molecular flexibility index (Phi) is 4.06. The van der Waals surface area contributed by atoms with E-state index in [1.54, 1.807) is 4.90 Å². The average molecular weight is 333 g/mol. The van der Waals surface area contributed by atoms with Crippen molar-refractivity contribution < 1.29 is 9.53 Å². The van der Waals surface area contributed by atoms with Gasteiger partial charge in [-0.2, -0.15) is 5.10 Å². The number of piperidine rings is 1. The smallest absolute Gasteiger partial charge is 0.409 e. The lowest BCUT2D eigenvalue weighted by molar-refractivity contribution is 0.123. The number of carbonyl (C=O) groups is 1. The molecule has 5 heteroatoms. The molecule has 1 aliphatic heterocycles. The van der Waals surface area contributed by atoms with Crippen molar-refractivity contribution in [2.75, 3.05) is 20.2 Å². The normalized spacial score (nSPS) is 15.5. The van der Waals surface area contributed by atoms with E-state index < -0.39 is 0 Å². The van der Waals surface area contributed by atoms with Gasteiger partial charge in [-0.3, -0.25) is 0 Å². The SMILES string of the molecule is COC(=O)N1CCC(=NN=C2c3ccccc3-c3ccccc32)CC1. The van der Waals surface area contributed by atoms with E-state index >= 15 is 0 Å². The highest BCUT2D eigenvalue weighted by molar-refractivity contribution is 6.24. The molecule has 2 aromatic carbocycles. The van der Waals surface area contributed by atoms with E-state index in [0.717, 1.165) is 35.4 Å². The molecule has 0 bridgehead atoms. The first-order chi connectivity index (χ1) is 12.3. The van der Waals surface area contributed by atoms with Crippen LogP contribution in [0, 0.1) is 0 Å². The van der Waals surface area contributed by atoms with Crippen molar-refractivity contribution in [2.24, 2.45) is 10.2 Å². The van der Waals surface area contributed by atoms with Gasteiger partial charge in [-0.05, 0) is 11.1 Å². The predicted octanol–water partition coefficient (Wildman–Crippen LogP) is 3.72. The van der Waals surface area contributed by atoms with Crippen LogP contribution in [-0.2, 0) is 4.74 Å². The van der Waals surface area contributed by atoms with Crippen molar-refractivity contribution >= 4 is 17.5 Å². The van der Waals surface area contributed by atoms with Crippen LogP contribution in [0.2, 0.25) is 0 Å². The van der Waals surface area contributed by atoms with Gasteiger partial charge in [0.05, 0.1) is 7.11 Å². The van der Waals surface area contributed by atoms with Crippen molar-refractivity contribution in [2.45, 2.75) is 12.8 Å². The molecule has 0 radical (unpaired) electrons. The number of methoxy groups -OCH3 is 1. The van der Waals surface area contributed by atoms with Crippen LogP contribution in [0.5, 0.6) is 0 Å². The summed E-state index contributed by atoms with van der Waals surface area (Å²) in [6.45, 7) is 1.26.